The number of carbonyl (C=O) groups is 2. The molecule has 4 nitrogen and oxygen atoms in total. The second kappa shape index (κ2) is 8.55. The van der Waals surface area contributed by atoms with Crippen LogP contribution in [0.4, 0.5) is 13.2 Å². The van der Waals surface area contributed by atoms with Gasteiger partial charge in [0.15, 0.2) is 0 Å². The van der Waals surface area contributed by atoms with E-state index in [0.717, 1.165) is 12.0 Å². The van der Waals surface area contributed by atoms with Crippen molar-refractivity contribution in [1.29, 1.82) is 0 Å². The molecule has 1 aromatic carbocycles. The Hall–Kier alpha value is -1.60. The zero-order chi connectivity index (χ0) is 15.8. The molecular formula is C12H13ClF3NO3. The van der Waals surface area contributed by atoms with Crippen LogP contribution in [0.15, 0.2) is 24.3 Å². The number of hydrogen-bond donors (Lipinski definition) is 2. The van der Waals surface area contributed by atoms with Crippen molar-refractivity contribution in [3.05, 3.63) is 34.9 Å². The van der Waals surface area contributed by atoms with E-state index >= 15 is 0 Å². The van der Waals surface area contributed by atoms with Crippen molar-refractivity contribution in [3.63, 3.8) is 0 Å². The summed E-state index contributed by atoms with van der Waals surface area (Å²) in [7, 11) is 0. The molecule has 1 aromatic rings. The van der Waals surface area contributed by atoms with Crippen LogP contribution in [-0.4, -0.2) is 29.6 Å². The van der Waals surface area contributed by atoms with E-state index in [2.05, 4.69) is 0 Å². The third-order valence-corrected chi connectivity index (χ3v) is 2.33. The van der Waals surface area contributed by atoms with E-state index < -0.39 is 12.1 Å². The average Bonchev–Trinajstić information content (AvgIpc) is 2.37. The first kappa shape index (κ1) is 18.4. The summed E-state index contributed by atoms with van der Waals surface area (Å²) in [5.41, 5.74) is 6.31. The Kier molecular flexibility index (Phi) is 7.86. The number of nitrogens with two attached hydrogens (primary N) is 1. The lowest BCUT2D eigenvalue weighted by Gasteiger charge is -1.99. The molecule has 0 aliphatic heterocycles. The molecule has 0 amide bonds. The fourth-order valence-electron chi connectivity index (χ4n) is 1.04. The van der Waals surface area contributed by atoms with Crippen LogP contribution in [0.25, 0.3) is 0 Å². The van der Waals surface area contributed by atoms with Gasteiger partial charge in [-0.3, -0.25) is 4.79 Å². The molecular weight excluding hydrogens is 299 g/mol. The maximum absolute atomic E-state index is 10.9. The van der Waals surface area contributed by atoms with Crippen LogP contribution in [0.3, 0.4) is 0 Å². The van der Waals surface area contributed by atoms with Gasteiger partial charge >= 0.3 is 12.1 Å². The van der Waals surface area contributed by atoms with Crippen molar-refractivity contribution in [3.8, 4) is 0 Å². The molecule has 0 aliphatic carbocycles. The number of aryl methyl sites for hydroxylation is 1. The van der Waals surface area contributed by atoms with E-state index in [0.29, 0.717) is 11.4 Å². The molecule has 1 rings (SSSR count). The van der Waals surface area contributed by atoms with Crippen molar-refractivity contribution in [2.75, 3.05) is 6.54 Å². The van der Waals surface area contributed by atoms with Crippen LogP contribution >= 0.6 is 11.6 Å². The summed E-state index contributed by atoms with van der Waals surface area (Å²) in [5, 5.41) is 7.84. The number of aliphatic carboxylic acids is 1. The van der Waals surface area contributed by atoms with Crippen molar-refractivity contribution < 1.29 is 27.9 Å². The van der Waals surface area contributed by atoms with E-state index in [1.165, 1.54) is 0 Å². The largest absolute Gasteiger partial charge is 0.490 e. The second-order valence-electron chi connectivity index (χ2n) is 3.67. The first-order chi connectivity index (χ1) is 9.16. The molecule has 3 N–H and O–H groups in total. The van der Waals surface area contributed by atoms with Crippen molar-refractivity contribution in [2.45, 2.75) is 19.0 Å². The monoisotopic (exact) mass is 311 g/mol. The van der Waals surface area contributed by atoms with E-state index in [1.807, 2.05) is 24.3 Å². The Bertz CT molecular complexity index is 446. The number of alkyl halides is 3. The molecule has 0 unspecified atom stereocenters. The van der Waals surface area contributed by atoms with Crippen LogP contribution < -0.4 is 5.73 Å². The van der Waals surface area contributed by atoms with Crippen molar-refractivity contribution in [2.24, 2.45) is 5.73 Å². The summed E-state index contributed by atoms with van der Waals surface area (Å²) in [4.78, 5) is 19.8. The summed E-state index contributed by atoms with van der Waals surface area (Å²) in [6.07, 6.45) is -3.83. The van der Waals surface area contributed by atoms with Gasteiger partial charge in [0.25, 0.3) is 0 Å². The molecule has 0 radical (unpaired) electrons. The summed E-state index contributed by atoms with van der Waals surface area (Å²) >= 11 is 5.71. The molecule has 0 fully saturated rings. The maximum Gasteiger partial charge on any atom is 0.490 e. The number of ketones is 1. The average molecular weight is 312 g/mol. The molecule has 112 valence electrons. The lowest BCUT2D eigenvalue weighted by Crippen LogP contribution is -2.21. The highest BCUT2D eigenvalue weighted by molar-refractivity contribution is 6.30. The van der Waals surface area contributed by atoms with Gasteiger partial charge in [0.1, 0.15) is 5.78 Å². The van der Waals surface area contributed by atoms with Crippen molar-refractivity contribution in [1.82, 2.24) is 0 Å². The summed E-state index contributed by atoms with van der Waals surface area (Å²) in [6, 6.07) is 7.49. The highest BCUT2D eigenvalue weighted by Gasteiger charge is 2.38. The number of rotatable bonds is 4. The SMILES string of the molecule is NCC(=O)CCc1ccc(Cl)cc1.O=C(O)C(F)(F)F. The fourth-order valence-corrected chi connectivity index (χ4v) is 1.16. The first-order valence-corrected chi connectivity index (χ1v) is 5.81. The predicted octanol–water partition coefficient (Wildman–Crippen LogP) is 2.43. The Labute approximate surface area is 118 Å². The maximum atomic E-state index is 10.9. The third kappa shape index (κ3) is 8.49. The minimum Gasteiger partial charge on any atom is -0.475 e. The zero-order valence-electron chi connectivity index (χ0n) is 10.3. The Morgan fingerprint density at radius 1 is 1.20 bits per heavy atom. The van der Waals surface area contributed by atoms with Gasteiger partial charge in [0.05, 0.1) is 6.54 Å². The molecule has 0 bridgehead atoms. The van der Waals surface area contributed by atoms with Crippen LogP contribution in [0.1, 0.15) is 12.0 Å². The number of Topliss-reactive ketones (excluding diaryl/α,β-unsaturated/α-hetero) is 1. The van der Waals surface area contributed by atoms with E-state index in [9.17, 15) is 18.0 Å². The van der Waals surface area contributed by atoms with Gasteiger partial charge in [-0.1, -0.05) is 23.7 Å². The smallest absolute Gasteiger partial charge is 0.475 e. The summed E-state index contributed by atoms with van der Waals surface area (Å²) < 4.78 is 31.7. The number of hydrogen-bond acceptors (Lipinski definition) is 3. The van der Waals surface area contributed by atoms with E-state index in [1.54, 1.807) is 0 Å². The number of carboxylic acid groups (broad SMARTS) is 1. The number of carboxylic acids is 1. The minimum absolute atomic E-state index is 0.0925. The lowest BCUT2D eigenvalue weighted by atomic mass is 10.1. The first-order valence-electron chi connectivity index (χ1n) is 5.43. The molecule has 0 aromatic heterocycles. The zero-order valence-corrected chi connectivity index (χ0v) is 11.0. The molecule has 0 atom stereocenters. The van der Waals surface area contributed by atoms with Gasteiger partial charge in [-0.25, -0.2) is 4.79 Å². The van der Waals surface area contributed by atoms with E-state index in [4.69, 9.17) is 27.2 Å². The van der Waals surface area contributed by atoms with Crippen LogP contribution in [0, 0.1) is 0 Å². The molecule has 0 spiro atoms. The van der Waals surface area contributed by atoms with Crippen LogP contribution in [-0.2, 0) is 16.0 Å². The fraction of sp³-hybridized carbons (Fsp3) is 0.333. The molecule has 0 heterocycles. The molecule has 8 heteroatoms. The number of benzene rings is 1. The van der Waals surface area contributed by atoms with Gasteiger partial charge in [-0.15, -0.1) is 0 Å². The standard InChI is InChI=1S/C10H12ClNO.C2HF3O2/c11-9-4-1-8(2-5-9)3-6-10(13)7-12;3-2(4,5)1(6)7/h1-2,4-5H,3,6-7,12H2;(H,6,7). The highest BCUT2D eigenvalue weighted by atomic mass is 35.5. The molecule has 0 saturated heterocycles. The summed E-state index contributed by atoms with van der Waals surface area (Å²) in [6.45, 7) is 0.133. The molecule has 0 aliphatic rings. The molecule has 0 saturated carbocycles. The third-order valence-electron chi connectivity index (χ3n) is 2.08. The summed E-state index contributed by atoms with van der Waals surface area (Å²) in [5.74, 6) is -2.66. The highest BCUT2D eigenvalue weighted by Crippen LogP contribution is 2.13. The Morgan fingerprint density at radius 3 is 2.00 bits per heavy atom. The molecule has 20 heavy (non-hydrogen) atoms. The number of halogens is 4. The normalized spacial score (nSPS) is 10.4. The van der Waals surface area contributed by atoms with Gasteiger partial charge in [0, 0.05) is 11.4 Å². The van der Waals surface area contributed by atoms with Crippen LogP contribution in [0.2, 0.25) is 5.02 Å². The van der Waals surface area contributed by atoms with Gasteiger partial charge < -0.3 is 10.8 Å². The van der Waals surface area contributed by atoms with Crippen molar-refractivity contribution >= 4 is 23.4 Å². The van der Waals surface area contributed by atoms with E-state index in [-0.39, 0.29) is 12.3 Å². The van der Waals surface area contributed by atoms with Crippen LogP contribution in [0.5, 0.6) is 0 Å². The number of carbonyl (C=O) groups excluding carboxylic acids is 1. The second-order valence-corrected chi connectivity index (χ2v) is 4.11. The Balaban J connectivity index is 0.000000441. The predicted molar refractivity (Wildman–Crippen MR) is 67.5 cm³/mol. The minimum atomic E-state index is -5.08. The Morgan fingerprint density at radius 2 is 1.65 bits per heavy atom. The topological polar surface area (TPSA) is 80.4 Å². The lowest BCUT2D eigenvalue weighted by molar-refractivity contribution is -0.192. The van der Waals surface area contributed by atoms with Gasteiger partial charge in [-0.05, 0) is 24.1 Å². The van der Waals surface area contributed by atoms with Gasteiger partial charge in [-0.2, -0.15) is 13.2 Å². The van der Waals surface area contributed by atoms with Gasteiger partial charge in [0.2, 0.25) is 0 Å². The quantitative estimate of drug-likeness (QED) is 0.895.